The molecule has 0 amide bonds. The summed E-state index contributed by atoms with van der Waals surface area (Å²) in [5.41, 5.74) is 4.53. The van der Waals surface area contributed by atoms with Crippen LogP contribution in [0.4, 0.5) is 0 Å². The second-order valence-corrected chi connectivity index (χ2v) is 9.79. The highest BCUT2D eigenvalue weighted by atomic mass is 16.6. The molecule has 0 fully saturated rings. The first-order valence-electron chi connectivity index (χ1n) is 12.8. The number of rotatable bonds is 11. The van der Waals surface area contributed by atoms with Crippen molar-refractivity contribution in [2.45, 2.75) is 66.7 Å². The predicted molar refractivity (Wildman–Crippen MR) is 144 cm³/mol. The molecule has 8 heteroatoms. The van der Waals surface area contributed by atoms with E-state index in [1.54, 1.807) is 27.0 Å². The Bertz CT molecular complexity index is 1370. The van der Waals surface area contributed by atoms with E-state index in [0.717, 1.165) is 39.4 Å². The van der Waals surface area contributed by atoms with Crippen LogP contribution in [0.5, 0.6) is 5.75 Å². The average Bonchev–Trinajstić information content (AvgIpc) is 3.48. The second kappa shape index (κ2) is 11.6. The number of hydrogen-bond donors (Lipinski definition) is 1. The van der Waals surface area contributed by atoms with Crippen LogP contribution in [0, 0.1) is 20.8 Å². The molecule has 0 spiro atoms. The number of carbonyl (C=O) groups is 1. The van der Waals surface area contributed by atoms with Gasteiger partial charge in [0.2, 0.25) is 11.8 Å². The fourth-order valence-corrected chi connectivity index (χ4v) is 4.20. The Labute approximate surface area is 223 Å². The van der Waals surface area contributed by atoms with E-state index < -0.39 is 5.60 Å². The Morgan fingerprint density at radius 2 is 1.74 bits per heavy atom. The SMILES string of the molecule is CCOC(=O)C(C)(C)Oc1c(C)cc(CNCc2nc(Cc3nc(-c4ccccc4)oc3C)co2)cc1C. The zero-order chi connectivity index (χ0) is 27.3. The predicted octanol–water partition coefficient (Wildman–Crippen LogP) is 5.86. The number of nitrogens with one attached hydrogen (secondary N) is 1. The minimum absolute atomic E-state index is 0.315. The highest BCUT2D eigenvalue weighted by Crippen LogP contribution is 2.29. The van der Waals surface area contributed by atoms with Crippen LogP contribution in [-0.2, 0) is 29.0 Å². The van der Waals surface area contributed by atoms with Crippen LogP contribution in [0.1, 0.15) is 60.5 Å². The van der Waals surface area contributed by atoms with Gasteiger partial charge in [-0.05, 0) is 70.4 Å². The zero-order valence-electron chi connectivity index (χ0n) is 22.9. The van der Waals surface area contributed by atoms with Crippen molar-refractivity contribution in [1.82, 2.24) is 15.3 Å². The lowest BCUT2D eigenvalue weighted by atomic mass is 10.0. The largest absolute Gasteiger partial charge is 0.476 e. The normalized spacial score (nSPS) is 11.5. The number of hydrogen-bond acceptors (Lipinski definition) is 8. The molecule has 8 nitrogen and oxygen atoms in total. The molecule has 38 heavy (non-hydrogen) atoms. The summed E-state index contributed by atoms with van der Waals surface area (Å²) >= 11 is 0. The first kappa shape index (κ1) is 27.1. The molecular weight excluding hydrogens is 482 g/mol. The number of aromatic nitrogens is 2. The molecular formula is C30H35N3O5. The highest BCUT2D eigenvalue weighted by molar-refractivity contribution is 5.79. The van der Waals surface area contributed by atoms with Crippen molar-refractivity contribution in [3.63, 3.8) is 0 Å². The highest BCUT2D eigenvalue weighted by Gasteiger charge is 2.32. The maximum Gasteiger partial charge on any atom is 0.349 e. The third kappa shape index (κ3) is 6.50. The number of ether oxygens (including phenoxy) is 2. The van der Waals surface area contributed by atoms with E-state index in [1.165, 1.54) is 0 Å². The summed E-state index contributed by atoms with van der Waals surface area (Å²) < 4.78 is 22.7. The summed E-state index contributed by atoms with van der Waals surface area (Å²) in [6, 6.07) is 13.9. The van der Waals surface area contributed by atoms with Crippen molar-refractivity contribution < 1.29 is 23.1 Å². The first-order valence-corrected chi connectivity index (χ1v) is 12.8. The summed E-state index contributed by atoms with van der Waals surface area (Å²) in [5.74, 6) is 2.30. The lowest BCUT2D eigenvalue weighted by molar-refractivity contribution is -0.158. The van der Waals surface area contributed by atoms with Crippen LogP contribution in [0.3, 0.4) is 0 Å². The Kier molecular flexibility index (Phi) is 8.32. The van der Waals surface area contributed by atoms with Crippen molar-refractivity contribution >= 4 is 5.97 Å². The summed E-state index contributed by atoms with van der Waals surface area (Å²) in [7, 11) is 0. The molecule has 2 aromatic carbocycles. The number of carbonyl (C=O) groups excluding carboxylic acids is 1. The summed E-state index contributed by atoms with van der Waals surface area (Å²) in [4.78, 5) is 21.5. The quantitative estimate of drug-likeness (QED) is 0.247. The molecule has 0 bridgehead atoms. The summed E-state index contributed by atoms with van der Waals surface area (Å²) in [6.07, 6.45) is 2.20. The smallest absolute Gasteiger partial charge is 0.349 e. The van der Waals surface area contributed by atoms with Gasteiger partial charge in [0.15, 0.2) is 5.60 Å². The number of aryl methyl sites for hydroxylation is 3. The first-order chi connectivity index (χ1) is 18.2. The Morgan fingerprint density at radius 1 is 1.03 bits per heavy atom. The van der Waals surface area contributed by atoms with Gasteiger partial charge in [-0.3, -0.25) is 0 Å². The van der Waals surface area contributed by atoms with Gasteiger partial charge in [-0.2, -0.15) is 0 Å². The molecule has 200 valence electrons. The van der Waals surface area contributed by atoms with E-state index in [4.69, 9.17) is 18.3 Å². The van der Waals surface area contributed by atoms with Crippen LogP contribution in [0.2, 0.25) is 0 Å². The molecule has 0 aliphatic rings. The number of esters is 1. The topological polar surface area (TPSA) is 99.6 Å². The molecule has 4 rings (SSSR count). The van der Waals surface area contributed by atoms with E-state index in [-0.39, 0.29) is 5.97 Å². The summed E-state index contributed by atoms with van der Waals surface area (Å²) in [6.45, 7) is 12.5. The van der Waals surface area contributed by atoms with Crippen molar-refractivity contribution in [3.8, 4) is 17.2 Å². The maximum absolute atomic E-state index is 12.2. The lowest BCUT2D eigenvalue weighted by Crippen LogP contribution is -2.40. The van der Waals surface area contributed by atoms with Crippen LogP contribution in [0.15, 0.2) is 57.6 Å². The fraction of sp³-hybridized carbons (Fsp3) is 0.367. The molecule has 0 radical (unpaired) electrons. The standard InChI is InChI=1S/C30H35N3O5/c1-7-35-29(34)30(5,6)38-27-19(2)13-22(14-20(27)3)16-31-17-26-32-24(18-36-26)15-25-21(4)37-28(33-25)23-11-9-8-10-12-23/h8-14,18,31H,7,15-17H2,1-6H3. The van der Waals surface area contributed by atoms with E-state index in [0.29, 0.717) is 43.6 Å². The van der Waals surface area contributed by atoms with Crippen LogP contribution in [0.25, 0.3) is 11.5 Å². The van der Waals surface area contributed by atoms with E-state index in [2.05, 4.69) is 27.4 Å². The molecule has 0 unspecified atom stereocenters. The number of oxazole rings is 2. The number of nitrogens with zero attached hydrogens (tertiary/aromatic N) is 2. The Balaban J connectivity index is 1.33. The van der Waals surface area contributed by atoms with Gasteiger partial charge in [0.05, 0.1) is 24.5 Å². The van der Waals surface area contributed by atoms with E-state index in [9.17, 15) is 4.79 Å². The maximum atomic E-state index is 12.2. The monoisotopic (exact) mass is 517 g/mol. The van der Waals surface area contributed by atoms with Gasteiger partial charge in [-0.15, -0.1) is 0 Å². The van der Waals surface area contributed by atoms with E-state index in [1.807, 2.05) is 51.1 Å². The van der Waals surface area contributed by atoms with Gasteiger partial charge < -0.3 is 23.6 Å². The minimum Gasteiger partial charge on any atom is -0.476 e. The molecule has 2 aromatic heterocycles. The van der Waals surface area contributed by atoms with Gasteiger partial charge in [-0.25, -0.2) is 14.8 Å². The molecule has 4 aromatic rings. The molecule has 1 N–H and O–H groups in total. The average molecular weight is 518 g/mol. The van der Waals surface area contributed by atoms with Crippen molar-refractivity contribution in [2.75, 3.05) is 6.61 Å². The molecule has 0 aliphatic heterocycles. The minimum atomic E-state index is -1.07. The van der Waals surface area contributed by atoms with Gasteiger partial charge in [0.25, 0.3) is 0 Å². The van der Waals surface area contributed by atoms with Crippen molar-refractivity contribution in [3.05, 3.63) is 88.5 Å². The molecule has 0 aliphatic carbocycles. The van der Waals surface area contributed by atoms with Gasteiger partial charge in [0.1, 0.15) is 17.8 Å². The molecule has 2 heterocycles. The van der Waals surface area contributed by atoms with Crippen molar-refractivity contribution in [2.24, 2.45) is 0 Å². The number of benzene rings is 2. The van der Waals surface area contributed by atoms with Crippen LogP contribution >= 0.6 is 0 Å². The van der Waals surface area contributed by atoms with Gasteiger partial charge >= 0.3 is 5.97 Å². The molecule has 0 saturated heterocycles. The van der Waals surface area contributed by atoms with Gasteiger partial charge in [-0.1, -0.05) is 30.3 Å². The second-order valence-electron chi connectivity index (χ2n) is 9.79. The third-order valence-electron chi connectivity index (χ3n) is 6.11. The Hall–Kier alpha value is -3.91. The van der Waals surface area contributed by atoms with Crippen LogP contribution < -0.4 is 10.1 Å². The third-order valence-corrected chi connectivity index (χ3v) is 6.11. The lowest BCUT2D eigenvalue weighted by Gasteiger charge is -2.26. The zero-order valence-corrected chi connectivity index (χ0v) is 22.9. The Morgan fingerprint density at radius 3 is 2.42 bits per heavy atom. The fourth-order valence-electron chi connectivity index (χ4n) is 4.20. The van der Waals surface area contributed by atoms with Gasteiger partial charge in [0, 0.05) is 18.5 Å². The molecule has 0 atom stereocenters. The van der Waals surface area contributed by atoms with Crippen LogP contribution in [-0.4, -0.2) is 28.1 Å². The van der Waals surface area contributed by atoms with E-state index >= 15 is 0 Å². The summed E-state index contributed by atoms with van der Waals surface area (Å²) in [5, 5.41) is 3.38. The van der Waals surface area contributed by atoms with Crippen molar-refractivity contribution in [1.29, 1.82) is 0 Å². The molecule has 0 saturated carbocycles.